The van der Waals surface area contributed by atoms with Crippen molar-refractivity contribution < 1.29 is 18.3 Å². The highest BCUT2D eigenvalue weighted by Gasteiger charge is 2.11. The van der Waals surface area contributed by atoms with E-state index in [0.29, 0.717) is 24.5 Å². The second kappa shape index (κ2) is 12.7. The zero-order chi connectivity index (χ0) is 18.8. The quantitative estimate of drug-likeness (QED) is 0.282. The van der Waals surface area contributed by atoms with Crippen LogP contribution in [0.25, 0.3) is 0 Å². The molecule has 1 heterocycles. The van der Waals surface area contributed by atoms with E-state index < -0.39 is 6.61 Å². The Balaban J connectivity index is 0.00000364. The van der Waals surface area contributed by atoms with Crippen LogP contribution in [0.2, 0.25) is 0 Å². The molecule has 9 heteroatoms. The summed E-state index contributed by atoms with van der Waals surface area (Å²) >= 11 is 1.68. The summed E-state index contributed by atoms with van der Waals surface area (Å²) in [6.45, 7) is 0.342. The summed E-state index contributed by atoms with van der Waals surface area (Å²) in [5.74, 6) is 0.789. The van der Waals surface area contributed by atoms with Crippen molar-refractivity contribution in [2.45, 2.75) is 32.9 Å². The fourth-order valence-corrected chi connectivity index (χ4v) is 2.88. The molecule has 0 fully saturated rings. The first-order chi connectivity index (χ1) is 12.6. The summed E-state index contributed by atoms with van der Waals surface area (Å²) in [6.07, 6.45) is 1.67. The lowest BCUT2D eigenvalue weighted by Gasteiger charge is -2.12. The molecule has 0 bridgehead atoms. The fourth-order valence-electron chi connectivity index (χ4n) is 2.18. The van der Waals surface area contributed by atoms with Crippen LogP contribution in [0.1, 0.15) is 23.8 Å². The average molecular weight is 511 g/mol. The van der Waals surface area contributed by atoms with Gasteiger partial charge in [0.05, 0.1) is 13.2 Å². The molecular formula is C18H24F2IN3O2S. The number of ether oxygens (including phenoxy) is 2. The Morgan fingerprint density at radius 2 is 2.15 bits per heavy atom. The van der Waals surface area contributed by atoms with Gasteiger partial charge in [-0.3, -0.25) is 0 Å². The maximum absolute atomic E-state index is 12.6. The van der Waals surface area contributed by atoms with Gasteiger partial charge in [-0.25, -0.2) is 4.99 Å². The standard InChI is InChI=1S/C18H23F2N3O2S.HI/c1-2-9-24-14-6-5-13(16(11-14)25-17(19)20)12-23-18(21)22-8-7-15-4-3-10-26-15;/h3-6,10-11,17H,2,7-9,12H2,1H3,(H3,21,22,23);1H. The predicted molar refractivity (Wildman–Crippen MR) is 116 cm³/mol. The van der Waals surface area contributed by atoms with E-state index in [1.807, 2.05) is 18.4 Å². The van der Waals surface area contributed by atoms with Crippen LogP contribution < -0.4 is 20.5 Å². The van der Waals surface area contributed by atoms with Gasteiger partial charge in [-0.15, -0.1) is 35.3 Å². The third-order valence-electron chi connectivity index (χ3n) is 3.40. The molecule has 5 nitrogen and oxygen atoms in total. The number of guanidine groups is 1. The van der Waals surface area contributed by atoms with E-state index in [1.54, 1.807) is 23.5 Å². The summed E-state index contributed by atoms with van der Waals surface area (Å²) in [7, 11) is 0. The van der Waals surface area contributed by atoms with Crippen LogP contribution in [-0.4, -0.2) is 25.7 Å². The van der Waals surface area contributed by atoms with Crippen LogP contribution in [0.3, 0.4) is 0 Å². The Hall–Kier alpha value is -1.62. The molecule has 1 aromatic heterocycles. The van der Waals surface area contributed by atoms with E-state index in [-0.39, 0.29) is 42.2 Å². The number of rotatable bonds is 10. The molecule has 2 rings (SSSR count). The molecule has 150 valence electrons. The highest BCUT2D eigenvalue weighted by Crippen LogP contribution is 2.27. The molecule has 0 radical (unpaired) electrons. The number of thiophene rings is 1. The smallest absolute Gasteiger partial charge is 0.387 e. The van der Waals surface area contributed by atoms with E-state index >= 15 is 0 Å². The van der Waals surface area contributed by atoms with Crippen molar-refractivity contribution in [3.8, 4) is 11.5 Å². The number of hydrogen-bond acceptors (Lipinski definition) is 4. The van der Waals surface area contributed by atoms with Gasteiger partial charge in [0, 0.05) is 23.1 Å². The Kier molecular flexibility index (Phi) is 11.0. The summed E-state index contributed by atoms with van der Waals surface area (Å²) in [5.41, 5.74) is 6.35. The first-order valence-corrected chi connectivity index (χ1v) is 9.23. The number of aliphatic imine (C=N–C) groups is 1. The van der Waals surface area contributed by atoms with E-state index in [0.717, 1.165) is 12.8 Å². The highest BCUT2D eigenvalue weighted by atomic mass is 127. The maximum atomic E-state index is 12.6. The van der Waals surface area contributed by atoms with E-state index in [2.05, 4.69) is 21.1 Å². The predicted octanol–water partition coefficient (Wildman–Crippen LogP) is 4.40. The van der Waals surface area contributed by atoms with Crippen LogP contribution >= 0.6 is 35.3 Å². The zero-order valence-electron chi connectivity index (χ0n) is 15.0. The molecule has 3 N–H and O–H groups in total. The van der Waals surface area contributed by atoms with Crippen LogP contribution in [0.15, 0.2) is 40.7 Å². The Morgan fingerprint density at radius 1 is 1.33 bits per heavy atom. The molecule has 0 aliphatic rings. The van der Waals surface area contributed by atoms with Crippen molar-refractivity contribution in [3.63, 3.8) is 0 Å². The molecular weight excluding hydrogens is 487 g/mol. The molecule has 0 aliphatic heterocycles. The molecule has 0 saturated carbocycles. The molecule has 0 amide bonds. The number of hydrogen-bond donors (Lipinski definition) is 2. The summed E-state index contributed by atoms with van der Waals surface area (Å²) in [6, 6.07) is 8.86. The first kappa shape index (κ1) is 23.4. The Bertz CT molecular complexity index is 700. The van der Waals surface area contributed by atoms with Gasteiger partial charge in [0.15, 0.2) is 5.96 Å². The van der Waals surface area contributed by atoms with Gasteiger partial charge in [-0.2, -0.15) is 8.78 Å². The molecule has 0 spiro atoms. The van der Waals surface area contributed by atoms with Crippen LogP contribution in [0.4, 0.5) is 8.78 Å². The largest absolute Gasteiger partial charge is 0.493 e. The van der Waals surface area contributed by atoms with Gasteiger partial charge >= 0.3 is 6.61 Å². The van der Waals surface area contributed by atoms with Gasteiger partial charge in [-0.1, -0.05) is 13.0 Å². The number of nitrogens with one attached hydrogen (secondary N) is 1. The van der Waals surface area contributed by atoms with Gasteiger partial charge < -0.3 is 20.5 Å². The summed E-state index contributed by atoms with van der Waals surface area (Å²) < 4.78 is 35.3. The van der Waals surface area contributed by atoms with Gasteiger partial charge in [0.2, 0.25) is 0 Å². The third kappa shape index (κ3) is 8.74. The highest BCUT2D eigenvalue weighted by molar-refractivity contribution is 14.0. The Morgan fingerprint density at radius 3 is 2.81 bits per heavy atom. The second-order valence-electron chi connectivity index (χ2n) is 5.45. The SMILES string of the molecule is CCCOc1ccc(CN=C(N)NCCc2cccs2)c(OC(F)F)c1.I. The van der Waals surface area contributed by atoms with Crippen molar-refractivity contribution in [3.05, 3.63) is 46.2 Å². The van der Waals surface area contributed by atoms with Crippen molar-refractivity contribution in [2.75, 3.05) is 13.2 Å². The van der Waals surface area contributed by atoms with Crippen LogP contribution in [-0.2, 0) is 13.0 Å². The monoisotopic (exact) mass is 511 g/mol. The number of alkyl halides is 2. The number of benzene rings is 1. The molecule has 0 saturated heterocycles. The number of nitrogens with zero attached hydrogens (tertiary/aromatic N) is 1. The Labute approximate surface area is 179 Å². The summed E-state index contributed by atoms with van der Waals surface area (Å²) in [5, 5.41) is 5.03. The lowest BCUT2D eigenvalue weighted by atomic mass is 10.2. The van der Waals surface area contributed by atoms with E-state index in [1.165, 1.54) is 10.9 Å². The minimum absolute atomic E-state index is 0. The summed E-state index contributed by atoms with van der Waals surface area (Å²) in [4.78, 5) is 5.44. The number of halogens is 3. The lowest BCUT2D eigenvalue weighted by Crippen LogP contribution is -2.33. The molecule has 0 unspecified atom stereocenters. The fraction of sp³-hybridized carbons (Fsp3) is 0.389. The normalized spacial score (nSPS) is 11.2. The van der Waals surface area contributed by atoms with Crippen molar-refractivity contribution in [1.82, 2.24) is 5.32 Å². The van der Waals surface area contributed by atoms with Crippen LogP contribution in [0.5, 0.6) is 11.5 Å². The first-order valence-electron chi connectivity index (χ1n) is 8.35. The average Bonchev–Trinajstić information content (AvgIpc) is 3.12. The lowest BCUT2D eigenvalue weighted by molar-refractivity contribution is -0.0505. The molecule has 27 heavy (non-hydrogen) atoms. The topological polar surface area (TPSA) is 68.9 Å². The molecule has 0 aliphatic carbocycles. The second-order valence-corrected chi connectivity index (χ2v) is 6.49. The van der Waals surface area contributed by atoms with Crippen molar-refractivity contribution >= 4 is 41.3 Å². The van der Waals surface area contributed by atoms with Crippen LogP contribution in [0, 0.1) is 0 Å². The van der Waals surface area contributed by atoms with E-state index in [9.17, 15) is 8.78 Å². The van der Waals surface area contributed by atoms with Gasteiger partial charge in [-0.05, 0) is 36.4 Å². The minimum atomic E-state index is -2.92. The number of nitrogens with two attached hydrogens (primary N) is 1. The molecule has 1 aromatic carbocycles. The zero-order valence-corrected chi connectivity index (χ0v) is 18.1. The van der Waals surface area contributed by atoms with Crippen molar-refractivity contribution in [2.24, 2.45) is 10.7 Å². The van der Waals surface area contributed by atoms with Gasteiger partial charge in [0.25, 0.3) is 0 Å². The third-order valence-corrected chi connectivity index (χ3v) is 4.34. The van der Waals surface area contributed by atoms with E-state index in [4.69, 9.17) is 10.5 Å². The maximum Gasteiger partial charge on any atom is 0.387 e. The minimum Gasteiger partial charge on any atom is -0.493 e. The molecule has 2 aromatic rings. The van der Waals surface area contributed by atoms with Crippen molar-refractivity contribution in [1.29, 1.82) is 0 Å². The van der Waals surface area contributed by atoms with Gasteiger partial charge in [0.1, 0.15) is 11.5 Å². The molecule has 0 atom stereocenters.